The number of carbonyl (C=O) groups is 1. The second kappa shape index (κ2) is 5.49. The van der Waals surface area contributed by atoms with Crippen LogP contribution in [0.15, 0.2) is 0 Å². The van der Waals surface area contributed by atoms with Gasteiger partial charge in [-0.3, -0.25) is 4.55 Å². The highest BCUT2D eigenvalue weighted by Crippen LogP contribution is 2.08. The average Bonchev–Trinajstić information content (AvgIpc) is 2.11. The molecular weight excluding hydrogens is 232 g/mol. The fourth-order valence-corrected chi connectivity index (χ4v) is 1.31. The molecule has 0 rings (SSSR count). The smallest absolute Gasteiger partial charge is 0.388 e. The summed E-state index contributed by atoms with van der Waals surface area (Å²) in [6.07, 6.45) is -7.16. The van der Waals surface area contributed by atoms with Crippen LogP contribution >= 0.6 is 0 Å². The van der Waals surface area contributed by atoms with Crippen LogP contribution in [0.1, 0.15) is 6.92 Å². The fraction of sp³-hybridized carbons (Fsp3) is 0.833. The van der Waals surface area contributed by atoms with E-state index in [0.717, 1.165) is 6.92 Å². The number of aliphatic hydroxyl groups is 3. The quantitative estimate of drug-likeness (QED) is 0.296. The normalized spacial score (nSPS) is 20.3. The van der Waals surface area contributed by atoms with Crippen LogP contribution in [0.4, 0.5) is 0 Å². The lowest BCUT2D eigenvalue weighted by Crippen LogP contribution is -2.45. The van der Waals surface area contributed by atoms with E-state index in [2.05, 4.69) is 4.18 Å². The van der Waals surface area contributed by atoms with Crippen LogP contribution in [-0.4, -0.2) is 59.0 Å². The van der Waals surface area contributed by atoms with Gasteiger partial charge in [0.2, 0.25) is 0 Å². The van der Waals surface area contributed by atoms with Crippen LogP contribution < -0.4 is 0 Å². The summed E-state index contributed by atoms with van der Waals surface area (Å²) in [5.74, 6) is 0. The molecule has 0 saturated heterocycles. The molecule has 0 unspecified atom stereocenters. The lowest BCUT2D eigenvalue weighted by atomic mass is 10.1. The van der Waals surface area contributed by atoms with Crippen molar-refractivity contribution in [2.24, 2.45) is 0 Å². The van der Waals surface area contributed by atoms with E-state index in [1.807, 2.05) is 0 Å². The molecule has 4 atom stereocenters. The number of hydrogen-bond acceptors (Lipinski definition) is 7. The Hall–Kier alpha value is -0.580. The van der Waals surface area contributed by atoms with Gasteiger partial charge in [-0.05, 0) is 6.92 Å². The maximum atomic E-state index is 10.2. The van der Waals surface area contributed by atoms with Gasteiger partial charge in [0.25, 0.3) is 0 Å². The van der Waals surface area contributed by atoms with Crippen LogP contribution in [0.3, 0.4) is 0 Å². The predicted octanol–water partition coefficient (Wildman–Crippen LogP) is -2.52. The highest BCUT2D eigenvalue weighted by atomic mass is 32.3. The number of hydrogen-bond donors (Lipinski definition) is 4. The largest absolute Gasteiger partial charge is 0.397 e. The molecule has 0 aliphatic heterocycles. The van der Waals surface area contributed by atoms with Crippen molar-refractivity contribution in [2.45, 2.75) is 31.3 Å². The zero-order valence-corrected chi connectivity index (χ0v) is 8.53. The zero-order valence-electron chi connectivity index (χ0n) is 7.72. The third kappa shape index (κ3) is 5.16. The Morgan fingerprint density at radius 3 is 2.00 bits per heavy atom. The van der Waals surface area contributed by atoms with E-state index in [4.69, 9.17) is 14.8 Å². The van der Waals surface area contributed by atoms with Crippen molar-refractivity contribution in [3.8, 4) is 0 Å². The Morgan fingerprint density at radius 1 is 1.20 bits per heavy atom. The molecule has 0 saturated carbocycles. The molecule has 9 heteroatoms. The van der Waals surface area contributed by atoms with E-state index in [0.29, 0.717) is 0 Å². The molecule has 15 heavy (non-hydrogen) atoms. The van der Waals surface area contributed by atoms with Crippen molar-refractivity contribution < 1.29 is 37.3 Å². The molecule has 8 nitrogen and oxygen atoms in total. The number of carbonyl (C=O) groups excluding carboxylic acids is 1. The van der Waals surface area contributed by atoms with Crippen molar-refractivity contribution in [2.75, 3.05) is 0 Å². The van der Waals surface area contributed by atoms with E-state index < -0.39 is 34.8 Å². The Kier molecular flexibility index (Phi) is 5.28. The average molecular weight is 244 g/mol. The molecule has 0 spiro atoms. The van der Waals surface area contributed by atoms with Crippen molar-refractivity contribution in [1.29, 1.82) is 0 Å². The van der Waals surface area contributed by atoms with E-state index in [1.54, 1.807) is 0 Å². The molecule has 0 radical (unpaired) electrons. The molecule has 0 aromatic rings. The molecule has 90 valence electrons. The molecule has 0 fully saturated rings. The number of rotatable bonds is 6. The predicted molar refractivity (Wildman–Crippen MR) is 46.2 cm³/mol. The van der Waals surface area contributed by atoms with Crippen LogP contribution in [0.5, 0.6) is 0 Å². The van der Waals surface area contributed by atoms with Gasteiger partial charge in [0.1, 0.15) is 24.4 Å². The number of aldehydes is 1. The zero-order chi connectivity index (χ0) is 12.2. The summed E-state index contributed by atoms with van der Waals surface area (Å²) in [7, 11) is -4.78. The summed E-state index contributed by atoms with van der Waals surface area (Å²) < 4.78 is 32.6. The van der Waals surface area contributed by atoms with Gasteiger partial charge in [-0.15, -0.1) is 0 Å². The first-order valence-corrected chi connectivity index (χ1v) is 5.20. The molecule has 0 heterocycles. The van der Waals surface area contributed by atoms with Gasteiger partial charge in [-0.2, -0.15) is 8.42 Å². The second-order valence-corrected chi connectivity index (χ2v) is 3.88. The van der Waals surface area contributed by atoms with Crippen LogP contribution in [0.25, 0.3) is 0 Å². The third-order valence-electron chi connectivity index (χ3n) is 1.59. The van der Waals surface area contributed by atoms with Gasteiger partial charge in [-0.1, -0.05) is 0 Å². The minimum absolute atomic E-state index is 0.0337. The molecule has 0 aromatic heterocycles. The van der Waals surface area contributed by atoms with Gasteiger partial charge >= 0.3 is 10.4 Å². The van der Waals surface area contributed by atoms with E-state index in [-0.39, 0.29) is 6.29 Å². The van der Waals surface area contributed by atoms with Crippen molar-refractivity contribution in [3.05, 3.63) is 0 Å². The van der Waals surface area contributed by atoms with Gasteiger partial charge in [-0.25, -0.2) is 4.18 Å². The first kappa shape index (κ1) is 14.4. The lowest BCUT2D eigenvalue weighted by Gasteiger charge is -2.23. The molecule has 0 bridgehead atoms. The maximum Gasteiger partial charge on any atom is 0.397 e. The topological polar surface area (TPSA) is 141 Å². The highest BCUT2D eigenvalue weighted by molar-refractivity contribution is 7.80. The molecular formula is C6H12O8S. The summed E-state index contributed by atoms with van der Waals surface area (Å²) >= 11 is 0. The van der Waals surface area contributed by atoms with Crippen LogP contribution in [-0.2, 0) is 19.4 Å². The fourth-order valence-electron chi connectivity index (χ4n) is 0.809. The highest BCUT2D eigenvalue weighted by Gasteiger charge is 2.31. The van der Waals surface area contributed by atoms with Crippen molar-refractivity contribution in [1.82, 2.24) is 0 Å². The Morgan fingerprint density at radius 2 is 1.67 bits per heavy atom. The van der Waals surface area contributed by atoms with Crippen molar-refractivity contribution >= 4 is 16.7 Å². The molecule has 0 amide bonds. The summed E-state index contributed by atoms with van der Waals surface area (Å²) in [6.45, 7) is 1.03. The van der Waals surface area contributed by atoms with Gasteiger partial charge in [0.15, 0.2) is 6.29 Å². The molecule has 4 N–H and O–H groups in total. The minimum Gasteiger partial charge on any atom is -0.388 e. The third-order valence-corrected chi connectivity index (χ3v) is 2.14. The second-order valence-electron chi connectivity index (χ2n) is 2.84. The lowest BCUT2D eigenvalue weighted by molar-refractivity contribution is -0.131. The molecule has 0 aliphatic carbocycles. The standard InChI is InChI=1S/C6H12O8S/c1-3(14-15(11,12)13)5(9)6(10)4(8)2-7/h2-6,8-10H,1H3,(H,11,12,13)/t3-,4+,5+,6-/m1/s1. The van der Waals surface area contributed by atoms with E-state index >= 15 is 0 Å². The number of aliphatic hydroxyl groups excluding tert-OH is 3. The molecule has 0 aromatic carbocycles. The van der Waals surface area contributed by atoms with Gasteiger partial charge in [0, 0.05) is 0 Å². The first-order valence-electron chi connectivity index (χ1n) is 3.84. The summed E-state index contributed by atoms with van der Waals surface area (Å²) in [6, 6.07) is 0. The van der Waals surface area contributed by atoms with E-state index in [9.17, 15) is 18.3 Å². The Labute approximate surface area is 86.1 Å². The van der Waals surface area contributed by atoms with E-state index in [1.165, 1.54) is 0 Å². The summed E-state index contributed by atoms with van der Waals surface area (Å²) in [4.78, 5) is 10.0. The van der Waals surface area contributed by atoms with Gasteiger partial charge < -0.3 is 20.1 Å². The van der Waals surface area contributed by atoms with Crippen molar-refractivity contribution in [3.63, 3.8) is 0 Å². The Bertz CT molecular complexity index is 298. The van der Waals surface area contributed by atoms with Crippen LogP contribution in [0.2, 0.25) is 0 Å². The molecule has 0 aliphatic rings. The maximum absolute atomic E-state index is 10.2. The van der Waals surface area contributed by atoms with Crippen LogP contribution in [0, 0.1) is 0 Å². The minimum atomic E-state index is -4.78. The monoisotopic (exact) mass is 244 g/mol. The Balaban J connectivity index is 4.44. The van der Waals surface area contributed by atoms with Gasteiger partial charge in [0.05, 0.1) is 0 Å². The summed E-state index contributed by atoms with van der Waals surface area (Å²) in [5.41, 5.74) is 0. The first-order chi connectivity index (χ1) is 6.69. The SMILES string of the molecule is C[C@@H](OS(=O)(=O)O)[C@H](O)[C@H](O)[C@@H](O)C=O. The summed E-state index contributed by atoms with van der Waals surface area (Å²) in [5, 5.41) is 27.0.